The van der Waals surface area contributed by atoms with Gasteiger partial charge in [0.05, 0.1) is 6.33 Å². The van der Waals surface area contributed by atoms with Crippen molar-refractivity contribution in [2.45, 2.75) is 9.96 Å². The first kappa shape index (κ1) is 12.5. The summed E-state index contributed by atoms with van der Waals surface area (Å²) in [5, 5.41) is 2.22. The summed E-state index contributed by atoms with van der Waals surface area (Å²) in [6.07, 6.45) is 3.30. The first-order valence-electron chi connectivity index (χ1n) is 3.84. The van der Waals surface area contributed by atoms with Gasteiger partial charge in [-0.15, -0.1) is 0 Å². The van der Waals surface area contributed by atoms with Crippen LogP contribution in [0.5, 0.6) is 0 Å². The van der Waals surface area contributed by atoms with Gasteiger partial charge in [0.1, 0.15) is 0 Å². The van der Waals surface area contributed by atoms with E-state index in [4.69, 9.17) is 34.8 Å². The Labute approximate surface area is 100 Å². The fraction of sp³-hybridized carbons (Fsp3) is 0.429. The van der Waals surface area contributed by atoms with Crippen molar-refractivity contribution in [2.75, 3.05) is 6.67 Å². The maximum absolute atomic E-state index is 12.0. The number of nitrogens with zero attached hydrogens (tertiary/aromatic N) is 2. The molecule has 15 heavy (non-hydrogen) atoms. The Bertz CT molecular complexity index is 325. The summed E-state index contributed by atoms with van der Waals surface area (Å²) >= 11 is 16.9. The number of nitrogens with one attached hydrogen (secondary N) is 1. The van der Waals surface area contributed by atoms with Crippen molar-refractivity contribution >= 4 is 40.7 Å². The number of imidazole rings is 1. The van der Waals surface area contributed by atoms with Crippen LogP contribution in [0.4, 0.5) is 4.39 Å². The second kappa shape index (κ2) is 5.01. The average molecular weight is 275 g/mol. The lowest BCUT2D eigenvalue weighted by molar-refractivity contribution is -0.123. The van der Waals surface area contributed by atoms with Crippen LogP contribution >= 0.6 is 34.8 Å². The lowest BCUT2D eigenvalue weighted by atomic mass is 10.5. The minimum Gasteiger partial charge on any atom is -0.330 e. The molecule has 1 aromatic rings. The predicted molar refractivity (Wildman–Crippen MR) is 55.7 cm³/mol. The molecule has 0 aliphatic rings. The first-order chi connectivity index (χ1) is 6.95. The fourth-order valence-corrected chi connectivity index (χ4v) is 1.44. The normalized spacial score (nSPS) is 13.6. The lowest BCUT2D eigenvalue weighted by Gasteiger charge is -2.25. The molecular formula is C7H7Cl3FN3O. The number of rotatable bonds is 3. The number of carbonyl (C=O) groups excluding carboxylic acids is 1. The van der Waals surface area contributed by atoms with Gasteiger partial charge in [0.15, 0.2) is 12.8 Å². The number of aromatic nitrogens is 2. The smallest absolute Gasteiger partial charge is 0.253 e. The van der Waals surface area contributed by atoms with E-state index in [0.29, 0.717) is 0 Å². The minimum atomic E-state index is -1.79. The molecule has 1 unspecified atom stereocenters. The molecule has 1 aromatic heterocycles. The number of hydrogen-bond donors (Lipinski definition) is 1. The summed E-state index contributed by atoms with van der Waals surface area (Å²) in [7, 11) is 0. The maximum atomic E-state index is 12.0. The van der Waals surface area contributed by atoms with Crippen LogP contribution in [0.15, 0.2) is 18.7 Å². The molecule has 84 valence electrons. The van der Waals surface area contributed by atoms with Gasteiger partial charge in [0, 0.05) is 12.4 Å². The summed E-state index contributed by atoms with van der Waals surface area (Å²) in [5.74, 6) is -0.861. The molecule has 0 radical (unpaired) electrons. The van der Waals surface area contributed by atoms with Gasteiger partial charge in [0.2, 0.25) is 3.79 Å². The fourth-order valence-electron chi connectivity index (χ4n) is 0.939. The minimum absolute atomic E-state index is 0.861. The van der Waals surface area contributed by atoms with Gasteiger partial charge in [-0.3, -0.25) is 4.79 Å². The molecule has 0 aliphatic carbocycles. The molecule has 1 rings (SSSR count). The summed E-state index contributed by atoms with van der Waals surface area (Å²) < 4.78 is 11.6. The van der Waals surface area contributed by atoms with Crippen LogP contribution in [0.2, 0.25) is 0 Å². The SMILES string of the molecule is O=C(CF)NC(n1ccnc1)C(Cl)(Cl)Cl. The van der Waals surface area contributed by atoms with Crippen molar-refractivity contribution in [3.8, 4) is 0 Å². The van der Waals surface area contributed by atoms with Crippen LogP contribution < -0.4 is 5.32 Å². The van der Waals surface area contributed by atoms with E-state index in [-0.39, 0.29) is 0 Å². The molecule has 0 bridgehead atoms. The van der Waals surface area contributed by atoms with E-state index in [1.807, 2.05) is 0 Å². The zero-order valence-electron chi connectivity index (χ0n) is 7.33. The molecule has 0 saturated carbocycles. The van der Waals surface area contributed by atoms with Crippen LogP contribution in [0.25, 0.3) is 0 Å². The molecule has 1 atom stereocenters. The van der Waals surface area contributed by atoms with E-state index in [1.54, 1.807) is 0 Å². The highest BCUT2D eigenvalue weighted by Gasteiger charge is 2.35. The Hall–Kier alpha value is -0.520. The number of carbonyl (C=O) groups is 1. The zero-order chi connectivity index (χ0) is 11.5. The highest BCUT2D eigenvalue weighted by molar-refractivity contribution is 6.67. The van der Waals surface area contributed by atoms with E-state index >= 15 is 0 Å². The Balaban J connectivity index is 2.85. The van der Waals surface area contributed by atoms with Crippen molar-refractivity contribution in [3.63, 3.8) is 0 Å². The monoisotopic (exact) mass is 273 g/mol. The highest BCUT2D eigenvalue weighted by Crippen LogP contribution is 2.36. The van der Waals surface area contributed by atoms with Crippen LogP contribution in [0, 0.1) is 0 Å². The van der Waals surface area contributed by atoms with Crippen molar-refractivity contribution < 1.29 is 9.18 Å². The van der Waals surface area contributed by atoms with Crippen molar-refractivity contribution in [1.82, 2.24) is 14.9 Å². The van der Waals surface area contributed by atoms with Gasteiger partial charge in [-0.05, 0) is 0 Å². The van der Waals surface area contributed by atoms with Crippen molar-refractivity contribution in [1.29, 1.82) is 0 Å². The largest absolute Gasteiger partial charge is 0.330 e. The molecule has 0 aromatic carbocycles. The summed E-state index contributed by atoms with van der Waals surface area (Å²) in [5.41, 5.74) is 0. The van der Waals surface area contributed by atoms with Gasteiger partial charge in [-0.1, -0.05) is 34.8 Å². The van der Waals surface area contributed by atoms with Crippen molar-refractivity contribution in [2.24, 2.45) is 0 Å². The Morgan fingerprint density at radius 2 is 2.27 bits per heavy atom. The standard InChI is InChI=1S/C7H7Cl3FN3O/c8-7(9,10)6(13-5(15)3-11)14-2-1-12-4-14/h1-2,4,6H,3H2,(H,13,15). The van der Waals surface area contributed by atoms with Crippen molar-refractivity contribution in [3.05, 3.63) is 18.7 Å². The molecule has 0 aliphatic heterocycles. The number of halogens is 4. The van der Waals surface area contributed by atoms with Gasteiger partial charge in [-0.25, -0.2) is 9.37 Å². The molecule has 1 amide bonds. The third-order valence-corrected chi connectivity index (χ3v) is 2.17. The second-order valence-electron chi connectivity index (χ2n) is 2.66. The highest BCUT2D eigenvalue weighted by atomic mass is 35.6. The molecule has 0 spiro atoms. The van der Waals surface area contributed by atoms with Crippen LogP contribution in [-0.4, -0.2) is 25.9 Å². The predicted octanol–water partition coefficient (Wildman–Crippen LogP) is 1.84. The van der Waals surface area contributed by atoms with Gasteiger partial charge in [0.25, 0.3) is 5.91 Å². The third kappa shape index (κ3) is 3.52. The molecule has 1 heterocycles. The first-order valence-corrected chi connectivity index (χ1v) is 4.98. The Morgan fingerprint density at radius 3 is 2.67 bits per heavy atom. The van der Waals surface area contributed by atoms with Crippen LogP contribution in [0.1, 0.15) is 6.17 Å². The van der Waals surface area contributed by atoms with Gasteiger partial charge >= 0.3 is 0 Å². The summed E-state index contributed by atoms with van der Waals surface area (Å²) in [6.45, 7) is -1.17. The van der Waals surface area contributed by atoms with E-state index in [0.717, 1.165) is 0 Å². The Kier molecular flexibility index (Phi) is 4.19. The third-order valence-electron chi connectivity index (χ3n) is 1.55. The van der Waals surface area contributed by atoms with E-state index in [9.17, 15) is 9.18 Å². The molecule has 1 N–H and O–H groups in total. The molecule has 4 nitrogen and oxygen atoms in total. The van der Waals surface area contributed by atoms with Crippen LogP contribution in [-0.2, 0) is 4.79 Å². The molecule has 0 fully saturated rings. The summed E-state index contributed by atoms with van der Waals surface area (Å²) in [6, 6.07) is 0. The number of amides is 1. The van der Waals surface area contributed by atoms with Gasteiger partial charge < -0.3 is 9.88 Å². The molecular weight excluding hydrogens is 267 g/mol. The topological polar surface area (TPSA) is 46.9 Å². The Morgan fingerprint density at radius 1 is 1.60 bits per heavy atom. The number of alkyl halides is 4. The summed E-state index contributed by atoms with van der Waals surface area (Å²) in [4.78, 5) is 14.6. The quantitative estimate of drug-likeness (QED) is 0.855. The van der Waals surface area contributed by atoms with Crippen LogP contribution in [0.3, 0.4) is 0 Å². The van der Waals surface area contributed by atoms with Gasteiger partial charge in [-0.2, -0.15) is 0 Å². The molecule has 8 heteroatoms. The second-order valence-corrected chi connectivity index (χ2v) is 5.02. The lowest BCUT2D eigenvalue weighted by Crippen LogP contribution is -2.40. The molecule has 0 saturated heterocycles. The maximum Gasteiger partial charge on any atom is 0.253 e. The number of hydrogen-bond acceptors (Lipinski definition) is 2. The van der Waals surface area contributed by atoms with E-state index < -0.39 is 22.5 Å². The van der Waals surface area contributed by atoms with E-state index in [2.05, 4.69) is 10.3 Å². The zero-order valence-corrected chi connectivity index (χ0v) is 9.60. The average Bonchev–Trinajstić information content (AvgIpc) is 2.64. The van der Waals surface area contributed by atoms with E-state index in [1.165, 1.54) is 23.3 Å².